The third kappa shape index (κ3) is 3.22. The summed E-state index contributed by atoms with van der Waals surface area (Å²) < 4.78 is 0. The van der Waals surface area contributed by atoms with Crippen molar-refractivity contribution >= 4 is 29.1 Å². The summed E-state index contributed by atoms with van der Waals surface area (Å²) in [4.78, 5) is 14.1. The molecule has 1 N–H and O–H groups in total. The predicted octanol–water partition coefficient (Wildman–Crippen LogP) is 3.26. The second kappa shape index (κ2) is 6.12. The van der Waals surface area contributed by atoms with Gasteiger partial charge in [0.05, 0.1) is 12.1 Å². The van der Waals surface area contributed by atoms with Gasteiger partial charge in [-0.25, -0.2) is 0 Å². The van der Waals surface area contributed by atoms with E-state index in [-0.39, 0.29) is 18.0 Å². The summed E-state index contributed by atoms with van der Waals surface area (Å²) >= 11 is 12.1. The van der Waals surface area contributed by atoms with Gasteiger partial charge in [-0.1, -0.05) is 29.3 Å². The Morgan fingerprint density at radius 3 is 2.79 bits per heavy atom. The summed E-state index contributed by atoms with van der Waals surface area (Å²) in [5.74, 6) is 0.121. The number of halogens is 2. The van der Waals surface area contributed by atoms with Crippen LogP contribution in [0.5, 0.6) is 0 Å². The third-order valence-electron chi connectivity index (χ3n) is 3.70. The molecule has 3 nitrogen and oxygen atoms in total. The molecule has 1 saturated heterocycles. The first-order chi connectivity index (χ1) is 9.00. The molecule has 1 fully saturated rings. The molecule has 0 bridgehead atoms. The molecular weight excluding hydrogens is 283 g/mol. The maximum Gasteiger partial charge on any atom is 0.239 e. The van der Waals surface area contributed by atoms with Gasteiger partial charge in [0.15, 0.2) is 0 Å². The van der Waals surface area contributed by atoms with Gasteiger partial charge in [0.2, 0.25) is 5.91 Å². The zero-order chi connectivity index (χ0) is 14.0. The molecule has 19 heavy (non-hydrogen) atoms. The Kier molecular flexibility index (Phi) is 4.71. The molecule has 2 atom stereocenters. The highest BCUT2D eigenvalue weighted by molar-refractivity contribution is 6.35. The maximum atomic E-state index is 12.3. The standard InChI is InChI=1S/C14H18Cl2N2O/c1-9(11-6-5-10(15)8-12(11)16)18(2)14(19)13-4-3-7-17-13/h5-6,8-9,13,17H,3-4,7H2,1-2H3. The van der Waals surface area contributed by atoms with Gasteiger partial charge in [-0.05, 0) is 44.0 Å². The van der Waals surface area contributed by atoms with E-state index in [4.69, 9.17) is 23.2 Å². The van der Waals surface area contributed by atoms with Gasteiger partial charge < -0.3 is 10.2 Å². The number of rotatable bonds is 3. The number of benzene rings is 1. The van der Waals surface area contributed by atoms with Gasteiger partial charge in [-0.3, -0.25) is 4.79 Å². The number of amides is 1. The molecule has 0 spiro atoms. The average molecular weight is 301 g/mol. The Morgan fingerprint density at radius 2 is 2.21 bits per heavy atom. The van der Waals surface area contributed by atoms with Crippen LogP contribution in [0.2, 0.25) is 10.0 Å². The van der Waals surface area contributed by atoms with Crippen LogP contribution in [0.4, 0.5) is 0 Å². The summed E-state index contributed by atoms with van der Waals surface area (Å²) in [6, 6.07) is 5.26. The molecule has 1 heterocycles. The Labute approximate surface area is 123 Å². The summed E-state index contributed by atoms with van der Waals surface area (Å²) in [6.45, 7) is 2.89. The zero-order valence-electron chi connectivity index (χ0n) is 11.1. The highest BCUT2D eigenvalue weighted by Gasteiger charge is 2.28. The molecule has 1 aliphatic heterocycles. The second-order valence-corrected chi connectivity index (χ2v) is 5.78. The normalized spacial score (nSPS) is 20.3. The molecule has 1 amide bonds. The molecule has 0 radical (unpaired) electrons. The zero-order valence-corrected chi connectivity index (χ0v) is 12.6. The van der Waals surface area contributed by atoms with Crippen molar-refractivity contribution < 1.29 is 4.79 Å². The maximum absolute atomic E-state index is 12.3. The Morgan fingerprint density at radius 1 is 1.47 bits per heavy atom. The summed E-state index contributed by atoms with van der Waals surface area (Å²) in [6.07, 6.45) is 1.96. The molecule has 104 valence electrons. The minimum atomic E-state index is -0.0698. The molecule has 0 aromatic heterocycles. The summed E-state index contributed by atoms with van der Waals surface area (Å²) in [5, 5.41) is 4.42. The number of nitrogens with one attached hydrogen (secondary N) is 1. The summed E-state index contributed by atoms with van der Waals surface area (Å²) in [5.41, 5.74) is 0.917. The van der Waals surface area contributed by atoms with Gasteiger partial charge >= 0.3 is 0 Å². The number of likely N-dealkylation sites (N-methyl/N-ethyl adjacent to an activating group) is 1. The van der Waals surface area contributed by atoms with E-state index in [9.17, 15) is 4.79 Å². The van der Waals surface area contributed by atoms with E-state index in [1.165, 1.54) is 0 Å². The van der Waals surface area contributed by atoms with Crippen LogP contribution in [0.1, 0.15) is 31.4 Å². The number of carbonyl (C=O) groups is 1. The molecule has 1 aromatic rings. The van der Waals surface area contributed by atoms with Crippen molar-refractivity contribution in [3.63, 3.8) is 0 Å². The molecule has 2 rings (SSSR count). The lowest BCUT2D eigenvalue weighted by atomic mass is 10.1. The lowest BCUT2D eigenvalue weighted by Gasteiger charge is -2.28. The van der Waals surface area contributed by atoms with Gasteiger partial charge in [0.1, 0.15) is 0 Å². The van der Waals surface area contributed by atoms with Crippen LogP contribution in [0.25, 0.3) is 0 Å². The van der Waals surface area contributed by atoms with Crippen molar-refractivity contribution in [2.75, 3.05) is 13.6 Å². The fraction of sp³-hybridized carbons (Fsp3) is 0.500. The van der Waals surface area contributed by atoms with Crippen LogP contribution in [-0.2, 0) is 4.79 Å². The van der Waals surface area contributed by atoms with Crippen LogP contribution in [0, 0.1) is 0 Å². The first kappa shape index (κ1) is 14.6. The number of hydrogen-bond acceptors (Lipinski definition) is 2. The highest BCUT2D eigenvalue weighted by Crippen LogP contribution is 2.29. The van der Waals surface area contributed by atoms with Crippen molar-refractivity contribution in [1.29, 1.82) is 0 Å². The first-order valence-corrected chi connectivity index (χ1v) is 7.21. The Balaban J connectivity index is 2.13. The number of nitrogens with zero attached hydrogens (tertiary/aromatic N) is 1. The number of hydrogen-bond donors (Lipinski definition) is 1. The quantitative estimate of drug-likeness (QED) is 0.929. The van der Waals surface area contributed by atoms with E-state index in [1.807, 2.05) is 20.0 Å². The van der Waals surface area contributed by atoms with E-state index < -0.39 is 0 Å². The van der Waals surface area contributed by atoms with Crippen LogP contribution in [0.15, 0.2) is 18.2 Å². The van der Waals surface area contributed by atoms with Crippen molar-refractivity contribution in [3.05, 3.63) is 33.8 Å². The highest BCUT2D eigenvalue weighted by atomic mass is 35.5. The first-order valence-electron chi connectivity index (χ1n) is 6.45. The van der Waals surface area contributed by atoms with Gasteiger partial charge in [-0.15, -0.1) is 0 Å². The predicted molar refractivity (Wildman–Crippen MR) is 78.7 cm³/mol. The van der Waals surface area contributed by atoms with Crippen LogP contribution in [0.3, 0.4) is 0 Å². The molecule has 0 saturated carbocycles. The van der Waals surface area contributed by atoms with E-state index in [0.29, 0.717) is 10.0 Å². The molecule has 1 aliphatic rings. The van der Waals surface area contributed by atoms with Gasteiger partial charge in [-0.2, -0.15) is 0 Å². The minimum absolute atomic E-state index is 0.0569. The molecular formula is C14H18Cl2N2O. The van der Waals surface area contributed by atoms with Gasteiger partial charge in [0.25, 0.3) is 0 Å². The van der Waals surface area contributed by atoms with Crippen molar-refractivity contribution in [2.24, 2.45) is 0 Å². The second-order valence-electron chi connectivity index (χ2n) is 4.94. The lowest BCUT2D eigenvalue weighted by Crippen LogP contribution is -2.42. The lowest BCUT2D eigenvalue weighted by molar-refractivity contribution is -0.133. The minimum Gasteiger partial charge on any atom is -0.338 e. The SMILES string of the molecule is CC(c1ccc(Cl)cc1Cl)N(C)C(=O)C1CCCN1. The van der Waals surface area contributed by atoms with Gasteiger partial charge in [0, 0.05) is 17.1 Å². The van der Waals surface area contributed by atoms with Crippen molar-refractivity contribution in [2.45, 2.75) is 31.8 Å². The largest absolute Gasteiger partial charge is 0.338 e. The van der Waals surface area contributed by atoms with E-state index >= 15 is 0 Å². The fourth-order valence-electron chi connectivity index (χ4n) is 2.38. The topological polar surface area (TPSA) is 32.3 Å². The third-order valence-corrected chi connectivity index (χ3v) is 4.26. The number of carbonyl (C=O) groups excluding carboxylic acids is 1. The Bertz CT molecular complexity index is 473. The summed E-state index contributed by atoms with van der Waals surface area (Å²) in [7, 11) is 1.82. The molecule has 2 unspecified atom stereocenters. The Hall–Kier alpha value is -0.770. The molecule has 5 heteroatoms. The van der Waals surface area contributed by atoms with Crippen LogP contribution >= 0.6 is 23.2 Å². The van der Waals surface area contributed by atoms with Crippen molar-refractivity contribution in [3.8, 4) is 0 Å². The van der Waals surface area contributed by atoms with Crippen molar-refractivity contribution in [1.82, 2.24) is 10.2 Å². The average Bonchev–Trinajstić information content (AvgIpc) is 2.90. The van der Waals surface area contributed by atoms with E-state index in [2.05, 4.69) is 5.32 Å². The van der Waals surface area contributed by atoms with E-state index in [0.717, 1.165) is 24.9 Å². The molecule has 0 aliphatic carbocycles. The van der Waals surface area contributed by atoms with E-state index in [1.54, 1.807) is 17.0 Å². The fourth-order valence-corrected chi connectivity index (χ4v) is 2.95. The van der Waals surface area contributed by atoms with Crippen LogP contribution in [-0.4, -0.2) is 30.4 Å². The smallest absolute Gasteiger partial charge is 0.239 e. The van der Waals surface area contributed by atoms with Crippen LogP contribution < -0.4 is 5.32 Å². The monoisotopic (exact) mass is 300 g/mol. The molecule has 1 aromatic carbocycles.